The zero-order valence-corrected chi connectivity index (χ0v) is 15.4. The predicted molar refractivity (Wildman–Crippen MR) is 106 cm³/mol. The topological polar surface area (TPSA) is 26.3 Å². The van der Waals surface area contributed by atoms with Crippen molar-refractivity contribution in [2.24, 2.45) is 0 Å². The molecule has 0 atom stereocenters. The first-order valence-corrected chi connectivity index (χ1v) is 10.1. The normalized spacial score (nSPS) is 10.9. The first kappa shape index (κ1) is 18.7. The van der Waals surface area contributed by atoms with E-state index in [2.05, 4.69) is 23.6 Å². The van der Waals surface area contributed by atoms with E-state index in [4.69, 9.17) is 4.74 Å². The molecule has 0 saturated heterocycles. The fourth-order valence-corrected chi connectivity index (χ4v) is 3.73. The Morgan fingerprint density at radius 2 is 1.79 bits per heavy atom. The van der Waals surface area contributed by atoms with Gasteiger partial charge >= 0.3 is 5.97 Å². The van der Waals surface area contributed by atoms with E-state index in [0.29, 0.717) is 12.2 Å². The van der Waals surface area contributed by atoms with Gasteiger partial charge in [-0.25, -0.2) is 4.79 Å². The molecule has 2 rings (SSSR count). The summed E-state index contributed by atoms with van der Waals surface area (Å²) in [5.41, 5.74) is 1.85. The standard InChI is InChI=1S/C20H22O2S2/c1-2-22-20(21)18-9-11-19(12-10-18)24-15-6-14-23-16-13-17-7-4-3-5-8-17/h3-5,7-13,16H,2,6,14-15H2,1H3/b16-13+. The molecule has 0 aliphatic rings. The van der Waals surface area contributed by atoms with Gasteiger partial charge in [-0.05, 0) is 66.2 Å². The summed E-state index contributed by atoms with van der Waals surface area (Å²) in [6.45, 7) is 2.22. The predicted octanol–water partition coefficient (Wildman–Crippen LogP) is 5.75. The lowest BCUT2D eigenvalue weighted by atomic mass is 10.2. The van der Waals surface area contributed by atoms with E-state index >= 15 is 0 Å². The van der Waals surface area contributed by atoms with Crippen LogP contribution in [0, 0.1) is 0 Å². The summed E-state index contributed by atoms with van der Waals surface area (Å²) >= 11 is 3.66. The molecule has 0 bridgehead atoms. The molecule has 2 aromatic carbocycles. The van der Waals surface area contributed by atoms with Crippen LogP contribution in [0.15, 0.2) is 64.9 Å². The van der Waals surface area contributed by atoms with Gasteiger partial charge in [-0.3, -0.25) is 0 Å². The third-order valence-electron chi connectivity index (χ3n) is 3.20. The van der Waals surface area contributed by atoms with Gasteiger partial charge in [-0.1, -0.05) is 30.3 Å². The van der Waals surface area contributed by atoms with Gasteiger partial charge < -0.3 is 4.74 Å². The van der Waals surface area contributed by atoms with Gasteiger partial charge in [0.15, 0.2) is 0 Å². The third kappa shape index (κ3) is 6.85. The molecule has 0 heterocycles. The Hall–Kier alpha value is -1.65. The lowest BCUT2D eigenvalue weighted by Crippen LogP contribution is -2.03. The van der Waals surface area contributed by atoms with E-state index in [0.717, 1.165) is 17.9 Å². The van der Waals surface area contributed by atoms with Crippen LogP contribution in [0.25, 0.3) is 6.08 Å². The van der Waals surface area contributed by atoms with Crippen molar-refractivity contribution in [2.45, 2.75) is 18.2 Å². The molecule has 0 unspecified atom stereocenters. The number of hydrogen-bond donors (Lipinski definition) is 0. The number of carbonyl (C=O) groups excluding carboxylic acids is 1. The number of esters is 1. The molecule has 0 fully saturated rings. The Morgan fingerprint density at radius 1 is 1.04 bits per heavy atom. The average molecular weight is 359 g/mol. The second kappa shape index (κ2) is 11.0. The molecule has 0 aliphatic heterocycles. The van der Waals surface area contributed by atoms with Crippen LogP contribution in [0.2, 0.25) is 0 Å². The lowest BCUT2D eigenvalue weighted by molar-refractivity contribution is 0.0526. The summed E-state index contributed by atoms with van der Waals surface area (Å²) in [7, 11) is 0. The Labute approximate surface area is 152 Å². The van der Waals surface area contributed by atoms with Crippen molar-refractivity contribution in [1.29, 1.82) is 0 Å². The minimum Gasteiger partial charge on any atom is -0.462 e. The minimum atomic E-state index is -0.254. The van der Waals surface area contributed by atoms with Crippen LogP contribution >= 0.6 is 23.5 Å². The van der Waals surface area contributed by atoms with E-state index in [9.17, 15) is 4.79 Å². The molecular formula is C20H22O2S2. The highest BCUT2D eigenvalue weighted by Gasteiger charge is 2.05. The summed E-state index contributed by atoms with van der Waals surface area (Å²) in [6.07, 6.45) is 3.29. The minimum absolute atomic E-state index is 0.254. The molecule has 0 aliphatic carbocycles. The Bertz CT molecular complexity index is 636. The second-order valence-electron chi connectivity index (χ2n) is 5.03. The van der Waals surface area contributed by atoms with E-state index in [1.165, 1.54) is 10.5 Å². The van der Waals surface area contributed by atoms with Crippen molar-refractivity contribution in [3.63, 3.8) is 0 Å². The molecule has 2 aromatic rings. The molecular weight excluding hydrogens is 336 g/mol. The van der Waals surface area contributed by atoms with Crippen molar-refractivity contribution in [2.75, 3.05) is 18.1 Å². The van der Waals surface area contributed by atoms with Crippen LogP contribution in [-0.4, -0.2) is 24.1 Å². The second-order valence-corrected chi connectivity index (χ2v) is 7.21. The molecule has 2 nitrogen and oxygen atoms in total. The van der Waals surface area contributed by atoms with Gasteiger partial charge in [0, 0.05) is 4.90 Å². The largest absolute Gasteiger partial charge is 0.462 e. The summed E-state index contributed by atoms with van der Waals surface area (Å²) in [5.74, 6) is 1.93. The van der Waals surface area contributed by atoms with E-state index in [1.807, 2.05) is 72.9 Å². The maximum atomic E-state index is 11.6. The molecule has 24 heavy (non-hydrogen) atoms. The first-order chi connectivity index (χ1) is 11.8. The summed E-state index contributed by atoms with van der Waals surface area (Å²) in [6, 6.07) is 18.0. The van der Waals surface area contributed by atoms with Gasteiger partial charge in [0.1, 0.15) is 0 Å². The van der Waals surface area contributed by atoms with E-state index < -0.39 is 0 Å². The van der Waals surface area contributed by atoms with Crippen LogP contribution in [0.3, 0.4) is 0 Å². The Balaban J connectivity index is 1.62. The van der Waals surface area contributed by atoms with Gasteiger partial charge in [0.25, 0.3) is 0 Å². The van der Waals surface area contributed by atoms with Crippen LogP contribution in [0.5, 0.6) is 0 Å². The number of hydrogen-bond acceptors (Lipinski definition) is 4. The fourth-order valence-electron chi connectivity index (χ4n) is 1.99. The van der Waals surface area contributed by atoms with E-state index in [1.54, 1.807) is 0 Å². The van der Waals surface area contributed by atoms with Crippen molar-refractivity contribution in [3.05, 3.63) is 71.1 Å². The van der Waals surface area contributed by atoms with Gasteiger partial charge in [-0.2, -0.15) is 0 Å². The van der Waals surface area contributed by atoms with Crippen molar-refractivity contribution in [3.8, 4) is 0 Å². The van der Waals surface area contributed by atoms with Gasteiger partial charge in [-0.15, -0.1) is 23.5 Å². The highest BCUT2D eigenvalue weighted by Crippen LogP contribution is 2.21. The van der Waals surface area contributed by atoms with E-state index in [-0.39, 0.29) is 5.97 Å². The molecule has 0 radical (unpaired) electrons. The van der Waals surface area contributed by atoms with Crippen LogP contribution in [0.1, 0.15) is 29.3 Å². The molecule has 0 spiro atoms. The lowest BCUT2D eigenvalue weighted by Gasteiger charge is -2.04. The summed E-state index contributed by atoms with van der Waals surface area (Å²) < 4.78 is 4.98. The Morgan fingerprint density at radius 3 is 2.50 bits per heavy atom. The molecule has 0 aromatic heterocycles. The van der Waals surface area contributed by atoms with Gasteiger partial charge in [0.2, 0.25) is 0 Å². The number of ether oxygens (including phenoxy) is 1. The maximum absolute atomic E-state index is 11.6. The monoisotopic (exact) mass is 358 g/mol. The SMILES string of the molecule is CCOC(=O)c1ccc(SCCCS/C=C/c2ccccc2)cc1. The van der Waals surface area contributed by atoms with Crippen LogP contribution in [-0.2, 0) is 4.74 Å². The van der Waals surface area contributed by atoms with Crippen LogP contribution in [0.4, 0.5) is 0 Å². The smallest absolute Gasteiger partial charge is 0.338 e. The van der Waals surface area contributed by atoms with Gasteiger partial charge in [0.05, 0.1) is 12.2 Å². The summed E-state index contributed by atoms with van der Waals surface area (Å²) in [5, 5.41) is 2.16. The van der Waals surface area contributed by atoms with Crippen LogP contribution < -0.4 is 0 Å². The molecule has 4 heteroatoms. The maximum Gasteiger partial charge on any atom is 0.338 e. The molecule has 0 N–H and O–H groups in total. The quantitative estimate of drug-likeness (QED) is 0.324. The first-order valence-electron chi connectivity index (χ1n) is 8.03. The molecule has 0 amide bonds. The average Bonchev–Trinajstić information content (AvgIpc) is 2.62. The molecule has 126 valence electrons. The zero-order chi connectivity index (χ0) is 17.0. The Kier molecular flexibility index (Phi) is 8.56. The fraction of sp³-hybridized carbons (Fsp3) is 0.250. The number of thioether (sulfide) groups is 2. The van der Waals surface area contributed by atoms with Crippen molar-refractivity contribution < 1.29 is 9.53 Å². The highest BCUT2D eigenvalue weighted by molar-refractivity contribution is 8.02. The van der Waals surface area contributed by atoms with Crippen molar-refractivity contribution in [1.82, 2.24) is 0 Å². The van der Waals surface area contributed by atoms with Crippen molar-refractivity contribution >= 4 is 35.6 Å². The zero-order valence-electron chi connectivity index (χ0n) is 13.8. The highest BCUT2D eigenvalue weighted by atomic mass is 32.2. The number of rotatable bonds is 9. The molecule has 0 saturated carbocycles. The number of benzene rings is 2. The summed E-state index contributed by atoms with van der Waals surface area (Å²) in [4.78, 5) is 12.8. The number of carbonyl (C=O) groups is 1. The third-order valence-corrected chi connectivity index (χ3v) is 5.15.